The number of hydrogen-bond donors (Lipinski definition) is 1. The molecular formula is C19H18O4. The van der Waals surface area contributed by atoms with E-state index < -0.39 is 5.97 Å². The minimum atomic E-state index is -0.874. The van der Waals surface area contributed by atoms with Gasteiger partial charge < -0.3 is 9.84 Å². The minimum absolute atomic E-state index is 0.0164. The zero-order valence-corrected chi connectivity index (χ0v) is 12.9. The van der Waals surface area contributed by atoms with E-state index in [9.17, 15) is 14.7 Å². The van der Waals surface area contributed by atoms with Crippen LogP contribution in [0, 0.1) is 5.92 Å². The second-order valence-electron chi connectivity index (χ2n) is 5.83. The molecule has 4 heteroatoms. The van der Waals surface area contributed by atoms with Crippen LogP contribution in [0.3, 0.4) is 0 Å². The molecule has 0 saturated carbocycles. The van der Waals surface area contributed by atoms with Crippen LogP contribution in [0.5, 0.6) is 5.75 Å². The Morgan fingerprint density at radius 2 is 1.96 bits per heavy atom. The molecule has 0 saturated heterocycles. The Bertz CT molecular complexity index is 736. The number of carbonyl (C=O) groups excluding carboxylic acids is 1. The van der Waals surface area contributed by atoms with Crippen LogP contribution in [0.4, 0.5) is 0 Å². The number of benzene rings is 2. The van der Waals surface area contributed by atoms with E-state index in [2.05, 4.69) is 0 Å². The number of aliphatic carboxylic acids is 1. The molecule has 2 aromatic rings. The number of ether oxygens (including phenoxy) is 1. The molecule has 0 spiro atoms. The first-order valence-corrected chi connectivity index (χ1v) is 7.58. The van der Waals surface area contributed by atoms with E-state index in [-0.39, 0.29) is 30.5 Å². The molecule has 3 rings (SSSR count). The van der Waals surface area contributed by atoms with Crippen LogP contribution in [0.25, 0.3) is 0 Å². The fourth-order valence-corrected chi connectivity index (χ4v) is 3.42. The van der Waals surface area contributed by atoms with Gasteiger partial charge in [0.05, 0.1) is 7.11 Å². The summed E-state index contributed by atoms with van der Waals surface area (Å²) in [6.07, 6.45) is 0.225. The largest absolute Gasteiger partial charge is 0.497 e. The van der Waals surface area contributed by atoms with E-state index in [4.69, 9.17) is 4.74 Å². The van der Waals surface area contributed by atoms with Crippen molar-refractivity contribution in [3.05, 3.63) is 65.2 Å². The summed E-state index contributed by atoms with van der Waals surface area (Å²) in [5, 5.41) is 9.22. The molecule has 118 valence electrons. The summed E-state index contributed by atoms with van der Waals surface area (Å²) >= 11 is 0. The molecule has 4 nitrogen and oxygen atoms in total. The third-order valence-electron chi connectivity index (χ3n) is 4.41. The van der Waals surface area contributed by atoms with Crippen LogP contribution in [0.2, 0.25) is 0 Å². The van der Waals surface area contributed by atoms with Gasteiger partial charge in [0.25, 0.3) is 0 Å². The van der Waals surface area contributed by atoms with Crippen molar-refractivity contribution in [2.45, 2.75) is 18.8 Å². The molecule has 0 heterocycles. The molecule has 23 heavy (non-hydrogen) atoms. The molecule has 2 atom stereocenters. The Labute approximate surface area is 134 Å². The fourth-order valence-electron chi connectivity index (χ4n) is 3.42. The van der Waals surface area contributed by atoms with Crippen molar-refractivity contribution in [2.24, 2.45) is 5.92 Å². The van der Waals surface area contributed by atoms with Crippen molar-refractivity contribution in [3.8, 4) is 5.75 Å². The predicted molar refractivity (Wildman–Crippen MR) is 86.0 cm³/mol. The number of carboxylic acids is 1. The number of carbonyl (C=O) groups is 2. The van der Waals surface area contributed by atoms with Gasteiger partial charge in [-0.3, -0.25) is 9.59 Å². The van der Waals surface area contributed by atoms with Gasteiger partial charge in [-0.1, -0.05) is 36.4 Å². The summed E-state index contributed by atoms with van der Waals surface area (Å²) in [7, 11) is 1.57. The van der Waals surface area contributed by atoms with Gasteiger partial charge in [0.1, 0.15) is 5.75 Å². The number of methoxy groups -OCH3 is 1. The molecule has 0 aliphatic heterocycles. The topological polar surface area (TPSA) is 63.6 Å². The lowest BCUT2D eigenvalue weighted by Gasteiger charge is -2.32. The van der Waals surface area contributed by atoms with Gasteiger partial charge in [-0.25, -0.2) is 0 Å². The van der Waals surface area contributed by atoms with Crippen LogP contribution in [0.15, 0.2) is 48.5 Å². The van der Waals surface area contributed by atoms with E-state index in [0.717, 1.165) is 11.1 Å². The van der Waals surface area contributed by atoms with Gasteiger partial charge in [0, 0.05) is 24.3 Å². The molecule has 2 unspecified atom stereocenters. The quantitative estimate of drug-likeness (QED) is 0.938. The highest BCUT2D eigenvalue weighted by Crippen LogP contribution is 2.43. The lowest BCUT2D eigenvalue weighted by atomic mass is 9.70. The Kier molecular flexibility index (Phi) is 4.15. The number of hydrogen-bond acceptors (Lipinski definition) is 3. The van der Waals surface area contributed by atoms with Gasteiger partial charge >= 0.3 is 5.97 Å². The summed E-state index contributed by atoms with van der Waals surface area (Å²) in [5.74, 6) is -0.576. The predicted octanol–water partition coefficient (Wildman–Crippen LogP) is 3.50. The third kappa shape index (κ3) is 2.97. The highest BCUT2D eigenvalue weighted by atomic mass is 16.5. The Morgan fingerprint density at radius 1 is 1.22 bits per heavy atom. The molecule has 1 aliphatic rings. The molecule has 2 aromatic carbocycles. The number of fused-ring (bicyclic) bond motifs is 1. The second kappa shape index (κ2) is 6.24. The van der Waals surface area contributed by atoms with E-state index in [1.807, 2.05) is 42.5 Å². The molecule has 0 radical (unpaired) electrons. The summed E-state index contributed by atoms with van der Waals surface area (Å²) in [5.41, 5.74) is 2.57. The maximum Gasteiger partial charge on any atom is 0.303 e. The molecular weight excluding hydrogens is 292 g/mol. The van der Waals surface area contributed by atoms with Crippen LogP contribution in [-0.4, -0.2) is 24.0 Å². The third-order valence-corrected chi connectivity index (χ3v) is 4.41. The normalized spacial score (nSPS) is 20.0. The monoisotopic (exact) mass is 310 g/mol. The van der Waals surface area contributed by atoms with Crippen molar-refractivity contribution in [1.29, 1.82) is 0 Å². The number of Topliss-reactive ketones (excluding diaryl/α,β-unsaturated/α-hetero) is 1. The Morgan fingerprint density at radius 3 is 2.61 bits per heavy atom. The SMILES string of the molecule is COc1ccc2c(c1)C(=O)CC(CC(=O)O)C2c1ccccc1. The van der Waals surface area contributed by atoms with Crippen LogP contribution in [-0.2, 0) is 4.79 Å². The van der Waals surface area contributed by atoms with Gasteiger partial charge in [0.15, 0.2) is 5.78 Å². The van der Waals surface area contributed by atoms with Crippen LogP contribution < -0.4 is 4.74 Å². The zero-order chi connectivity index (χ0) is 16.4. The second-order valence-corrected chi connectivity index (χ2v) is 5.83. The van der Waals surface area contributed by atoms with Crippen molar-refractivity contribution in [1.82, 2.24) is 0 Å². The summed E-state index contributed by atoms with van der Waals surface area (Å²) < 4.78 is 5.21. The van der Waals surface area contributed by atoms with E-state index in [0.29, 0.717) is 11.3 Å². The van der Waals surface area contributed by atoms with Crippen LogP contribution >= 0.6 is 0 Å². The average molecular weight is 310 g/mol. The minimum Gasteiger partial charge on any atom is -0.497 e. The zero-order valence-electron chi connectivity index (χ0n) is 12.9. The van der Waals surface area contributed by atoms with Crippen molar-refractivity contribution >= 4 is 11.8 Å². The lowest BCUT2D eigenvalue weighted by Crippen LogP contribution is -2.28. The fraction of sp³-hybridized carbons (Fsp3) is 0.263. The maximum absolute atomic E-state index is 12.5. The summed E-state index contributed by atoms with van der Waals surface area (Å²) in [6.45, 7) is 0. The smallest absolute Gasteiger partial charge is 0.303 e. The van der Waals surface area contributed by atoms with E-state index in [1.165, 1.54) is 0 Å². The average Bonchev–Trinajstić information content (AvgIpc) is 2.55. The van der Waals surface area contributed by atoms with Crippen LogP contribution in [0.1, 0.15) is 40.2 Å². The Hall–Kier alpha value is -2.62. The molecule has 0 aromatic heterocycles. The highest BCUT2D eigenvalue weighted by Gasteiger charge is 2.36. The van der Waals surface area contributed by atoms with Gasteiger partial charge in [-0.05, 0) is 29.2 Å². The molecule has 0 fully saturated rings. The van der Waals surface area contributed by atoms with Crippen molar-refractivity contribution in [3.63, 3.8) is 0 Å². The molecule has 0 bridgehead atoms. The lowest BCUT2D eigenvalue weighted by molar-refractivity contribution is -0.138. The van der Waals surface area contributed by atoms with Gasteiger partial charge in [0.2, 0.25) is 0 Å². The van der Waals surface area contributed by atoms with Gasteiger partial charge in [-0.15, -0.1) is 0 Å². The highest BCUT2D eigenvalue weighted by molar-refractivity contribution is 6.00. The number of rotatable bonds is 4. The standard InChI is InChI=1S/C19H18O4/c1-23-14-7-8-15-16(11-14)17(20)9-13(10-18(21)22)19(15)12-5-3-2-4-6-12/h2-8,11,13,19H,9-10H2,1H3,(H,21,22). The first-order chi connectivity index (χ1) is 11.1. The maximum atomic E-state index is 12.5. The summed E-state index contributed by atoms with van der Waals surface area (Å²) in [4.78, 5) is 23.7. The first kappa shape index (κ1) is 15.3. The number of ketones is 1. The molecule has 0 amide bonds. The van der Waals surface area contributed by atoms with Crippen molar-refractivity contribution < 1.29 is 19.4 Å². The van der Waals surface area contributed by atoms with Gasteiger partial charge in [-0.2, -0.15) is 0 Å². The van der Waals surface area contributed by atoms with E-state index in [1.54, 1.807) is 13.2 Å². The molecule has 1 aliphatic carbocycles. The number of carboxylic acid groups (broad SMARTS) is 1. The van der Waals surface area contributed by atoms with E-state index >= 15 is 0 Å². The Balaban J connectivity index is 2.12. The molecule has 1 N–H and O–H groups in total. The van der Waals surface area contributed by atoms with Crippen molar-refractivity contribution in [2.75, 3.05) is 7.11 Å². The first-order valence-electron chi connectivity index (χ1n) is 7.58. The summed E-state index contributed by atoms with van der Waals surface area (Å²) in [6, 6.07) is 15.2.